The second-order valence-corrected chi connectivity index (χ2v) is 9.46. The van der Waals surface area contributed by atoms with E-state index >= 15 is 0 Å². The van der Waals surface area contributed by atoms with Crippen LogP contribution in [0.15, 0.2) is 132 Å². The van der Waals surface area contributed by atoms with Crippen molar-refractivity contribution in [3.63, 3.8) is 0 Å². The summed E-state index contributed by atoms with van der Waals surface area (Å²) in [5.41, 5.74) is 8.51. The van der Waals surface area contributed by atoms with Gasteiger partial charge in [-0.25, -0.2) is 9.97 Å². The number of rotatable bonds is 3. The number of hydrogen-bond acceptors (Lipinski definition) is 3. The van der Waals surface area contributed by atoms with Crippen LogP contribution in [0.2, 0.25) is 0 Å². The molecule has 0 saturated heterocycles. The summed E-state index contributed by atoms with van der Waals surface area (Å²) in [6.45, 7) is 0. The average molecular weight is 488 g/mol. The molecule has 0 N–H and O–H groups in total. The summed E-state index contributed by atoms with van der Waals surface area (Å²) < 4.78 is 8.71. The van der Waals surface area contributed by atoms with Crippen LogP contribution in [0.3, 0.4) is 0 Å². The number of fused-ring (bicyclic) bond motifs is 6. The fraction of sp³-hybridized carbons (Fsp3) is 0. The molecule has 0 unspecified atom stereocenters. The molecule has 0 fully saturated rings. The van der Waals surface area contributed by atoms with Crippen molar-refractivity contribution in [2.45, 2.75) is 0 Å². The molecule has 3 aromatic heterocycles. The van der Waals surface area contributed by atoms with E-state index in [0.717, 1.165) is 44.5 Å². The van der Waals surface area contributed by atoms with Crippen LogP contribution in [0.5, 0.6) is 0 Å². The minimum atomic E-state index is 0.684. The highest BCUT2D eigenvalue weighted by Gasteiger charge is 2.20. The van der Waals surface area contributed by atoms with E-state index in [1.807, 2.05) is 54.6 Å². The van der Waals surface area contributed by atoms with Crippen LogP contribution in [0.1, 0.15) is 0 Å². The molecule has 0 aliphatic carbocycles. The Balaban J connectivity index is 1.46. The van der Waals surface area contributed by atoms with Gasteiger partial charge in [-0.3, -0.25) is 0 Å². The molecule has 0 aliphatic rings. The van der Waals surface area contributed by atoms with Gasteiger partial charge in [0.25, 0.3) is 0 Å². The van der Waals surface area contributed by atoms with E-state index in [-0.39, 0.29) is 0 Å². The maximum atomic E-state index is 6.38. The summed E-state index contributed by atoms with van der Waals surface area (Å²) in [5.74, 6) is 0.684. The summed E-state index contributed by atoms with van der Waals surface area (Å²) in [6, 6.07) is 43.8. The Morgan fingerprint density at radius 2 is 1.21 bits per heavy atom. The van der Waals surface area contributed by atoms with Crippen LogP contribution in [0.25, 0.3) is 72.2 Å². The lowest BCUT2D eigenvalue weighted by Crippen LogP contribution is -1.95. The van der Waals surface area contributed by atoms with Crippen LogP contribution in [0, 0.1) is 0 Å². The Kier molecular flexibility index (Phi) is 4.49. The summed E-state index contributed by atoms with van der Waals surface area (Å²) in [5, 5.41) is 3.41. The maximum Gasteiger partial charge on any atom is 0.180 e. The Labute approximate surface area is 218 Å². The SMILES string of the molecule is c1ccc(-c2nc(-c3ccc4c5ccccc5n(-c5ccccc5)c4c3)c3oc4ccccc4c3n2)cc1. The fourth-order valence-electron chi connectivity index (χ4n) is 5.48. The lowest BCUT2D eigenvalue weighted by atomic mass is 10.1. The molecule has 178 valence electrons. The first kappa shape index (κ1) is 20.9. The zero-order valence-electron chi connectivity index (χ0n) is 20.4. The van der Waals surface area contributed by atoms with Gasteiger partial charge in [0.2, 0.25) is 0 Å². The predicted octanol–water partition coefficient (Wildman–Crippen LogP) is 8.81. The van der Waals surface area contributed by atoms with Crippen LogP contribution in [-0.4, -0.2) is 14.5 Å². The Morgan fingerprint density at radius 3 is 2.05 bits per heavy atom. The van der Waals surface area contributed by atoms with Gasteiger partial charge in [-0.05, 0) is 36.4 Å². The number of para-hydroxylation sites is 3. The van der Waals surface area contributed by atoms with Crippen molar-refractivity contribution in [3.8, 4) is 28.3 Å². The van der Waals surface area contributed by atoms with E-state index < -0.39 is 0 Å². The van der Waals surface area contributed by atoms with Gasteiger partial charge in [-0.15, -0.1) is 0 Å². The first-order valence-corrected chi connectivity index (χ1v) is 12.7. The van der Waals surface area contributed by atoms with Gasteiger partial charge in [0.05, 0.1) is 11.0 Å². The molecule has 0 aliphatic heterocycles. The summed E-state index contributed by atoms with van der Waals surface area (Å²) in [7, 11) is 0. The molecular formula is C34H21N3O. The van der Waals surface area contributed by atoms with Gasteiger partial charge in [-0.1, -0.05) is 91.0 Å². The van der Waals surface area contributed by atoms with Crippen LogP contribution >= 0.6 is 0 Å². The highest BCUT2D eigenvalue weighted by atomic mass is 16.3. The molecule has 8 rings (SSSR count). The standard InChI is InChI=1S/C34H21N3O/c1-3-11-22(12-4-1)34-35-31(33-32(36-34)27-16-8-10-18-30(27)38-33)23-19-20-26-25-15-7-9-17-28(25)37(29(26)21-23)24-13-5-2-6-14-24/h1-21H. The van der Waals surface area contributed by atoms with Gasteiger partial charge in [0, 0.05) is 33.0 Å². The van der Waals surface area contributed by atoms with E-state index in [1.165, 1.54) is 16.3 Å². The van der Waals surface area contributed by atoms with E-state index in [0.29, 0.717) is 11.4 Å². The van der Waals surface area contributed by atoms with Gasteiger partial charge < -0.3 is 8.98 Å². The maximum absolute atomic E-state index is 6.38. The second kappa shape index (κ2) is 8.15. The Hall–Kier alpha value is -5.22. The van der Waals surface area contributed by atoms with Gasteiger partial charge >= 0.3 is 0 Å². The molecule has 8 aromatic rings. The molecule has 0 radical (unpaired) electrons. The highest BCUT2D eigenvalue weighted by Crippen LogP contribution is 2.38. The molecule has 5 aromatic carbocycles. The zero-order valence-corrected chi connectivity index (χ0v) is 20.4. The lowest BCUT2D eigenvalue weighted by molar-refractivity contribution is 0.667. The summed E-state index contributed by atoms with van der Waals surface area (Å²) >= 11 is 0. The molecule has 0 atom stereocenters. The van der Waals surface area contributed by atoms with Crippen molar-refractivity contribution in [3.05, 3.63) is 127 Å². The molecule has 4 nitrogen and oxygen atoms in total. The minimum Gasteiger partial charge on any atom is -0.452 e. The number of hydrogen-bond donors (Lipinski definition) is 0. The molecule has 0 bridgehead atoms. The van der Waals surface area contributed by atoms with Crippen LogP contribution in [-0.2, 0) is 0 Å². The number of furan rings is 1. The van der Waals surface area contributed by atoms with Crippen molar-refractivity contribution in [2.24, 2.45) is 0 Å². The third-order valence-corrected chi connectivity index (χ3v) is 7.21. The third kappa shape index (κ3) is 3.10. The fourth-order valence-corrected chi connectivity index (χ4v) is 5.48. The second-order valence-electron chi connectivity index (χ2n) is 9.46. The highest BCUT2D eigenvalue weighted by molar-refractivity contribution is 6.11. The van der Waals surface area contributed by atoms with Crippen molar-refractivity contribution in [2.75, 3.05) is 0 Å². The third-order valence-electron chi connectivity index (χ3n) is 7.21. The average Bonchev–Trinajstić information content (AvgIpc) is 3.53. The topological polar surface area (TPSA) is 43.9 Å². The molecule has 0 saturated carbocycles. The minimum absolute atomic E-state index is 0.684. The molecule has 38 heavy (non-hydrogen) atoms. The van der Waals surface area contributed by atoms with E-state index in [1.54, 1.807) is 0 Å². The molecule has 0 amide bonds. The first-order valence-electron chi connectivity index (χ1n) is 12.7. The molecule has 0 spiro atoms. The quantitative estimate of drug-likeness (QED) is 0.250. The first-order chi connectivity index (χ1) is 18.8. The number of aromatic nitrogens is 3. The molecule has 3 heterocycles. The predicted molar refractivity (Wildman–Crippen MR) is 155 cm³/mol. The molecular weight excluding hydrogens is 466 g/mol. The van der Waals surface area contributed by atoms with Crippen molar-refractivity contribution in [1.29, 1.82) is 0 Å². The van der Waals surface area contributed by atoms with E-state index in [2.05, 4.69) is 77.4 Å². The zero-order chi connectivity index (χ0) is 25.1. The van der Waals surface area contributed by atoms with Gasteiger partial charge in [0.1, 0.15) is 16.8 Å². The van der Waals surface area contributed by atoms with E-state index in [9.17, 15) is 0 Å². The smallest absolute Gasteiger partial charge is 0.180 e. The van der Waals surface area contributed by atoms with E-state index in [4.69, 9.17) is 14.4 Å². The Morgan fingerprint density at radius 1 is 0.526 bits per heavy atom. The number of nitrogens with zero attached hydrogens (tertiary/aromatic N) is 3. The largest absolute Gasteiger partial charge is 0.452 e. The number of benzene rings is 5. The van der Waals surface area contributed by atoms with Gasteiger partial charge in [-0.2, -0.15) is 0 Å². The molecule has 4 heteroatoms. The van der Waals surface area contributed by atoms with Gasteiger partial charge in [0.15, 0.2) is 11.4 Å². The lowest BCUT2D eigenvalue weighted by Gasteiger charge is -2.09. The van der Waals surface area contributed by atoms with Crippen molar-refractivity contribution in [1.82, 2.24) is 14.5 Å². The Bertz CT molecular complexity index is 2120. The summed E-state index contributed by atoms with van der Waals surface area (Å²) in [6.07, 6.45) is 0. The van der Waals surface area contributed by atoms with Crippen LogP contribution in [0.4, 0.5) is 0 Å². The monoisotopic (exact) mass is 487 g/mol. The normalized spacial score (nSPS) is 11.7. The summed E-state index contributed by atoms with van der Waals surface area (Å²) in [4.78, 5) is 10.1. The van der Waals surface area contributed by atoms with Crippen LogP contribution < -0.4 is 0 Å². The van der Waals surface area contributed by atoms with Crippen molar-refractivity contribution >= 4 is 43.9 Å². The van der Waals surface area contributed by atoms with Crippen molar-refractivity contribution < 1.29 is 4.42 Å².